The molecule has 8 heteroatoms. The Labute approximate surface area is 217 Å². The molecule has 0 radical (unpaired) electrons. The lowest BCUT2D eigenvalue weighted by Crippen LogP contribution is -2.45. The van der Waals surface area contributed by atoms with Crippen LogP contribution in [-0.4, -0.2) is 71.8 Å². The molecule has 5 rings (SSSR count). The van der Waals surface area contributed by atoms with Gasteiger partial charge in [0, 0.05) is 50.4 Å². The third-order valence-corrected chi connectivity index (χ3v) is 8.83. The van der Waals surface area contributed by atoms with Gasteiger partial charge in [-0.3, -0.25) is 14.4 Å². The van der Waals surface area contributed by atoms with Gasteiger partial charge in [-0.1, -0.05) is 24.3 Å². The fraction of sp³-hybridized carbons (Fsp3) is 0.536. The van der Waals surface area contributed by atoms with Gasteiger partial charge in [0.2, 0.25) is 17.7 Å². The molecule has 3 fully saturated rings. The number of likely N-dealkylation sites (tertiary alicyclic amines) is 3. The second-order valence-electron chi connectivity index (χ2n) is 10.4. The Morgan fingerprint density at radius 1 is 1.00 bits per heavy atom. The summed E-state index contributed by atoms with van der Waals surface area (Å²) in [6, 6.07) is 13.7. The fourth-order valence-electron chi connectivity index (χ4n) is 5.79. The maximum atomic E-state index is 13.3. The molecule has 2 aromatic rings. The van der Waals surface area contributed by atoms with Gasteiger partial charge < -0.3 is 19.4 Å². The topological polar surface area (TPSA) is 70.2 Å². The number of amides is 3. The highest BCUT2D eigenvalue weighted by atomic mass is 32.1. The number of nitrogens with zero attached hydrogens (tertiary/aromatic N) is 3. The first-order valence-electron chi connectivity index (χ1n) is 13.1. The van der Waals surface area contributed by atoms with Crippen LogP contribution in [0.4, 0.5) is 0 Å². The molecule has 3 saturated heterocycles. The molecule has 3 aliphatic heterocycles. The molecule has 0 N–H and O–H groups in total. The molecule has 4 heterocycles. The summed E-state index contributed by atoms with van der Waals surface area (Å²) in [6.07, 6.45) is 4.41. The Morgan fingerprint density at radius 3 is 2.47 bits per heavy atom. The second kappa shape index (κ2) is 11.0. The van der Waals surface area contributed by atoms with E-state index in [9.17, 15) is 14.4 Å². The standard InChI is InChI=1S/C28H35N3O4S/c32-25(9-4-16-35-23-6-2-1-3-7-23)29-13-10-28(11-14-29)12-15-30(21-28)27(34)22-18-26(33)31(19-22)20-24-8-5-17-36-24/h1-3,5-8,17,22H,4,9-16,18-21H2. The molecule has 3 aliphatic rings. The van der Waals surface area contributed by atoms with E-state index in [4.69, 9.17) is 4.74 Å². The number of hydrogen-bond acceptors (Lipinski definition) is 5. The smallest absolute Gasteiger partial charge is 0.228 e. The van der Waals surface area contributed by atoms with E-state index in [-0.39, 0.29) is 29.1 Å². The minimum Gasteiger partial charge on any atom is -0.494 e. The molecule has 36 heavy (non-hydrogen) atoms. The van der Waals surface area contributed by atoms with Gasteiger partial charge in [-0.2, -0.15) is 0 Å². The third kappa shape index (κ3) is 5.75. The van der Waals surface area contributed by atoms with Crippen molar-refractivity contribution < 1.29 is 19.1 Å². The molecule has 1 atom stereocenters. The zero-order chi connectivity index (χ0) is 25.0. The fourth-order valence-corrected chi connectivity index (χ4v) is 6.51. The molecule has 7 nitrogen and oxygen atoms in total. The van der Waals surface area contributed by atoms with Gasteiger partial charge >= 0.3 is 0 Å². The van der Waals surface area contributed by atoms with Gasteiger partial charge in [0.25, 0.3) is 0 Å². The van der Waals surface area contributed by atoms with Crippen LogP contribution in [0.25, 0.3) is 0 Å². The Balaban J connectivity index is 1.04. The van der Waals surface area contributed by atoms with E-state index in [0.717, 1.165) is 56.1 Å². The lowest BCUT2D eigenvalue weighted by Gasteiger charge is -2.39. The molecule has 3 amide bonds. The van der Waals surface area contributed by atoms with Crippen molar-refractivity contribution in [2.24, 2.45) is 11.3 Å². The normalized spacial score (nSPS) is 21.4. The predicted molar refractivity (Wildman–Crippen MR) is 138 cm³/mol. The maximum Gasteiger partial charge on any atom is 0.228 e. The zero-order valence-corrected chi connectivity index (χ0v) is 21.6. The van der Waals surface area contributed by atoms with Gasteiger partial charge in [-0.15, -0.1) is 11.3 Å². The minimum atomic E-state index is -0.229. The van der Waals surface area contributed by atoms with Crippen molar-refractivity contribution in [2.45, 2.75) is 45.1 Å². The maximum absolute atomic E-state index is 13.3. The van der Waals surface area contributed by atoms with Crippen LogP contribution in [0.3, 0.4) is 0 Å². The molecule has 192 valence electrons. The first-order chi connectivity index (χ1) is 17.5. The largest absolute Gasteiger partial charge is 0.494 e. The summed E-state index contributed by atoms with van der Waals surface area (Å²) in [6.45, 7) is 4.71. The van der Waals surface area contributed by atoms with E-state index in [1.807, 2.05) is 62.5 Å². The number of rotatable bonds is 8. The molecule has 0 saturated carbocycles. The molecule has 1 unspecified atom stereocenters. The van der Waals surface area contributed by atoms with Crippen molar-refractivity contribution >= 4 is 29.1 Å². The highest BCUT2D eigenvalue weighted by molar-refractivity contribution is 7.09. The van der Waals surface area contributed by atoms with Crippen molar-refractivity contribution in [3.05, 3.63) is 52.7 Å². The van der Waals surface area contributed by atoms with Crippen LogP contribution in [0.5, 0.6) is 5.75 Å². The molecule has 1 spiro atoms. The lowest BCUT2D eigenvalue weighted by atomic mass is 9.77. The van der Waals surface area contributed by atoms with E-state index >= 15 is 0 Å². The van der Waals surface area contributed by atoms with Crippen LogP contribution < -0.4 is 4.74 Å². The second-order valence-corrected chi connectivity index (χ2v) is 11.4. The van der Waals surface area contributed by atoms with Gasteiger partial charge in [-0.05, 0) is 54.7 Å². The van der Waals surface area contributed by atoms with Gasteiger partial charge in [-0.25, -0.2) is 0 Å². The number of hydrogen-bond donors (Lipinski definition) is 0. The van der Waals surface area contributed by atoms with Gasteiger partial charge in [0.1, 0.15) is 5.75 Å². The zero-order valence-electron chi connectivity index (χ0n) is 20.8. The van der Waals surface area contributed by atoms with Crippen molar-refractivity contribution in [3.63, 3.8) is 0 Å². The first-order valence-corrected chi connectivity index (χ1v) is 13.9. The average molecular weight is 510 g/mol. The number of carbonyl (C=O) groups excluding carboxylic acids is 3. The van der Waals surface area contributed by atoms with E-state index < -0.39 is 0 Å². The number of thiophene rings is 1. The summed E-state index contributed by atoms with van der Waals surface area (Å²) >= 11 is 1.64. The highest BCUT2D eigenvalue weighted by Gasteiger charge is 2.45. The van der Waals surface area contributed by atoms with Crippen LogP contribution in [0.2, 0.25) is 0 Å². The van der Waals surface area contributed by atoms with Crippen LogP contribution in [0.15, 0.2) is 47.8 Å². The number of para-hydroxylation sites is 1. The summed E-state index contributed by atoms with van der Waals surface area (Å²) in [4.78, 5) is 45.4. The van der Waals surface area contributed by atoms with E-state index in [0.29, 0.717) is 39.0 Å². The molecular formula is C28H35N3O4S. The Kier molecular flexibility index (Phi) is 7.60. The van der Waals surface area contributed by atoms with E-state index in [1.54, 1.807) is 11.3 Å². The van der Waals surface area contributed by atoms with Gasteiger partial charge in [0.15, 0.2) is 0 Å². The molecule has 1 aromatic carbocycles. The van der Waals surface area contributed by atoms with Crippen molar-refractivity contribution in [2.75, 3.05) is 39.3 Å². The first kappa shape index (κ1) is 24.8. The highest BCUT2D eigenvalue weighted by Crippen LogP contribution is 2.41. The number of carbonyl (C=O) groups is 3. The van der Waals surface area contributed by atoms with E-state index in [2.05, 4.69) is 0 Å². The summed E-state index contributed by atoms with van der Waals surface area (Å²) < 4.78 is 5.70. The van der Waals surface area contributed by atoms with Crippen LogP contribution in [-0.2, 0) is 20.9 Å². The Morgan fingerprint density at radius 2 is 1.75 bits per heavy atom. The van der Waals surface area contributed by atoms with Crippen molar-refractivity contribution in [1.82, 2.24) is 14.7 Å². The quantitative estimate of drug-likeness (QED) is 0.508. The summed E-state index contributed by atoms with van der Waals surface area (Å²) in [5.74, 6) is 1.01. The number of ether oxygens (including phenoxy) is 1. The number of piperidine rings is 1. The third-order valence-electron chi connectivity index (χ3n) is 7.96. The summed E-state index contributed by atoms with van der Waals surface area (Å²) in [5.41, 5.74) is 0.113. The molecule has 1 aromatic heterocycles. The minimum absolute atomic E-state index is 0.0802. The summed E-state index contributed by atoms with van der Waals surface area (Å²) in [7, 11) is 0. The predicted octanol–water partition coefficient (Wildman–Crippen LogP) is 3.80. The van der Waals surface area contributed by atoms with Crippen LogP contribution in [0, 0.1) is 11.3 Å². The molecule has 0 bridgehead atoms. The van der Waals surface area contributed by atoms with Gasteiger partial charge in [0.05, 0.1) is 19.1 Å². The van der Waals surface area contributed by atoms with Crippen molar-refractivity contribution in [1.29, 1.82) is 0 Å². The average Bonchev–Trinajstić information content (AvgIpc) is 3.64. The molecular weight excluding hydrogens is 474 g/mol. The van der Waals surface area contributed by atoms with E-state index in [1.165, 1.54) is 0 Å². The number of benzene rings is 1. The van der Waals surface area contributed by atoms with Crippen LogP contribution in [0.1, 0.15) is 43.4 Å². The summed E-state index contributed by atoms with van der Waals surface area (Å²) in [5, 5.41) is 2.02. The monoisotopic (exact) mass is 509 g/mol. The van der Waals surface area contributed by atoms with Crippen molar-refractivity contribution in [3.8, 4) is 5.75 Å². The Bertz CT molecular complexity index is 1050. The molecule has 0 aliphatic carbocycles. The SMILES string of the molecule is O=C(CCCOc1ccccc1)N1CCC2(CC1)CCN(C(=O)C1CC(=O)N(Cc3cccs3)C1)C2. The Hall–Kier alpha value is -2.87. The lowest BCUT2D eigenvalue weighted by molar-refractivity contribution is -0.136. The van der Waals surface area contributed by atoms with Crippen LogP contribution >= 0.6 is 11.3 Å².